The van der Waals surface area contributed by atoms with E-state index >= 15 is 0 Å². The van der Waals surface area contributed by atoms with Gasteiger partial charge in [-0.05, 0) is 35.0 Å². The summed E-state index contributed by atoms with van der Waals surface area (Å²) in [5.41, 5.74) is 0.317. The van der Waals surface area contributed by atoms with Crippen LogP contribution in [-0.4, -0.2) is 12.6 Å². The van der Waals surface area contributed by atoms with Crippen LogP contribution in [0.1, 0.15) is 5.56 Å². The summed E-state index contributed by atoms with van der Waals surface area (Å²) < 4.78 is 24.8. The normalized spacial score (nSPS) is 10.6. The average Bonchev–Trinajstić information content (AvgIpc) is 2.59. The SMILES string of the molecule is O=C(COc1ccc2ccccc2c1)OCc1ccc(Br)cc1F. The zero-order valence-corrected chi connectivity index (χ0v) is 14.3. The van der Waals surface area contributed by atoms with Crippen molar-refractivity contribution in [3.8, 4) is 5.75 Å². The molecule has 0 bridgehead atoms. The van der Waals surface area contributed by atoms with Crippen LogP contribution < -0.4 is 4.74 Å². The highest BCUT2D eigenvalue weighted by atomic mass is 79.9. The first-order valence-corrected chi connectivity index (χ1v) is 8.12. The van der Waals surface area contributed by atoms with Crippen molar-refractivity contribution in [2.24, 2.45) is 0 Å². The molecular weight excluding hydrogens is 375 g/mol. The Bertz CT molecular complexity index is 879. The Morgan fingerprint density at radius 3 is 2.58 bits per heavy atom. The average molecular weight is 389 g/mol. The monoisotopic (exact) mass is 388 g/mol. The topological polar surface area (TPSA) is 35.5 Å². The molecule has 24 heavy (non-hydrogen) atoms. The smallest absolute Gasteiger partial charge is 0.344 e. The maximum atomic E-state index is 13.6. The zero-order chi connectivity index (χ0) is 16.9. The van der Waals surface area contributed by atoms with Crippen LogP contribution in [0, 0.1) is 5.82 Å². The fourth-order valence-corrected chi connectivity index (χ4v) is 2.57. The second-order valence-corrected chi connectivity index (χ2v) is 6.11. The summed E-state index contributed by atoms with van der Waals surface area (Å²) in [5.74, 6) is -0.390. The summed E-state index contributed by atoms with van der Waals surface area (Å²) in [5, 5.41) is 2.12. The van der Waals surface area contributed by atoms with Crippen molar-refractivity contribution in [3.63, 3.8) is 0 Å². The first-order valence-electron chi connectivity index (χ1n) is 7.33. The number of rotatable bonds is 5. The van der Waals surface area contributed by atoms with E-state index in [0.29, 0.717) is 15.8 Å². The molecule has 0 amide bonds. The van der Waals surface area contributed by atoms with E-state index in [9.17, 15) is 9.18 Å². The standard InChI is InChI=1S/C19H14BrFO3/c20-16-7-5-15(18(21)10-16)11-24-19(22)12-23-17-8-6-13-3-1-2-4-14(13)9-17/h1-10H,11-12H2. The van der Waals surface area contributed by atoms with Crippen LogP contribution in [0.25, 0.3) is 10.8 Å². The van der Waals surface area contributed by atoms with Gasteiger partial charge in [-0.1, -0.05) is 52.3 Å². The van der Waals surface area contributed by atoms with Crippen molar-refractivity contribution in [1.29, 1.82) is 0 Å². The van der Waals surface area contributed by atoms with E-state index in [0.717, 1.165) is 10.8 Å². The Kier molecular flexibility index (Phi) is 5.11. The van der Waals surface area contributed by atoms with E-state index in [1.54, 1.807) is 18.2 Å². The van der Waals surface area contributed by atoms with Gasteiger partial charge in [0.15, 0.2) is 6.61 Å². The quantitative estimate of drug-likeness (QED) is 0.585. The Balaban J connectivity index is 1.54. The van der Waals surface area contributed by atoms with Crippen molar-refractivity contribution in [1.82, 2.24) is 0 Å². The van der Waals surface area contributed by atoms with Crippen LogP contribution in [0.4, 0.5) is 4.39 Å². The van der Waals surface area contributed by atoms with Crippen molar-refractivity contribution < 1.29 is 18.7 Å². The van der Waals surface area contributed by atoms with Crippen molar-refractivity contribution >= 4 is 32.7 Å². The molecule has 0 saturated carbocycles. The van der Waals surface area contributed by atoms with E-state index in [4.69, 9.17) is 9.47 Å². The van der Waals surface area contributed by atoms with Crippen molar-refractivity contribution in [3.05, 3.63) is 76.5 Å². The van der Waals surface area contributed by atoms with Gasteiger partial charge in [0.05, 0.1) is 0 Å². The van der Waals surface area contributed by atoms with Crippen LogP contribution in [0.2, 0.25) is 0 Å². The summed E-state index contributed by atoms with van der Waals surface area (Å²) in [6.07, 6.45) is 0. The number of esters is 1. The van der Waals surface area contributed by atoms with E-state index in [-0.39, 0.29) is 13.2 Å². The molecule has 3 nitrogen and oxygen atoms in total. The van der Waals surface area contributed by atoms with E-state index in [1.165, 1.54) is 6.07 Å². The second-order valence-electron chi connectivity index (χ2n) is 5.19. The van der Waals surface area contributed by atoms with Crippen LogP contribution in [0.3, 0.4) is 0 Å². The summed E-state index contributed by atoms with van der Waals surface area (Å²) in [6.45, 7) is -0.352. The number of benzene rings is 3. The molecule has 3 rings (SSSR count). The molecule has 5 heteroatoms. The molecular formula is C19H14BrFO3. The van der Waals surface area contributed by atoms with Gasteiger partial charge in [0.25, 0.3) is 0 Å². The lowest BCUT2D eigenvalue weighted by Gasteiger charge is -2.08. The predicted octanol–water partition coefficient (Wildman–Crippen LogP) is 4.86. The maximum Gasteiger partial charge on any atom is 0.344 e. The predicted molar refractivity (Wildman–Crippen MR) is 93.3 cm³/mol. The molecule has 0 atom stereocenters. The van der Waals surface area contributed by atoms with Crippen molar-refractivity contribution in [2.75, 3.05) is 6.61 Å². The molecule has 0 aromatic heterocycles. The highest BCUT2D eigenvalue weighted by molar-refractivity contribution is 9.10. The highest BCUT2D eigenvalue weighted by Gasteiger charge is 2.08. The number of carbonyl (C=O) groups is 1. The van der Waals surface area contributed by atoms with E-state index in [1.807, 2.05) is 36.4 Å². The van der Waals surface area contributed by atoms with Gasteiger partial charge in [-0.2, -0.15) is 0 Å². The largest absolute Gasteiger partial charge is 0.482 e. The van der Waals surface area contributed by atoms with Gasteiger partial charge in [-0.3, -0.25) is 0 Å². The highest BCUT2D eigenvalue weighted by Crippen LogP contribution is 2.20. The first-order chi connectivity index (χ1) is 11.6. The van der Waals surface area contributed by atoms with Crippen molar-refractivity contribution in [2.45, 2.75) is 6.61 Å². The summed E-state index contributed by atoms with van der Waals surface area (Å²) in [7, 11) is 0. The molecule has 0 aliphatic heterocycles. The Morgan fingerprint density at radius 2 is 1.79 bits per heavy atom. The Hall–Kier alpha value is -2.40. The third-order valence-corrected chi connectivity index (χ3v) is 3.97. The fourth-order valence-electron chi connectivity index (χ4n) is 2.24. The molecule has 3 aromatic carbocycles. The molecule has 0 heterocycles. The lowest BCUT2D eigenvalue weighted by atomic mass is 10.1. The molecule has 122 valence electrons. The van der Waals surface area contributed by atoms with Crippen LogP contribution in [0.5, 0.6) is 5.75 Å². The van der Waals surface area contributed by atoms with Crippen LogP contribution in [-0.2, 0) is 16.1 Å². The van der Waals surface area contributed by atoms with Gasteiger partial charge in [-0.25, -0.2) is 9.18 Å². The molecule has 0 radical (unpaired) electrons. The number of fused-ring (bicyclic) bond motifs is 1. The fraction of sp³-hybridized carbons (Fsp3) is 0.105. The Morgan fingerprint density at radius 1 is 1.00 bits per heavy atom. The van der Waals surface area contributed by atoms with E-state index < -0.39 is 11.8 Å². The molecule has 0 saturated heterocycles. The molecule has 0 fully saturated rings. The van der Waals surface area contributed by atoms with Gasteiger partial charge in [0, 0.05) is 10.0 Å². The number of hydrogen-bond acceptors (Lipinski definition) is 3. The third-order valence-electron chi connectivity index (χ3n) is 3.48. The molecule has 0 spiro atoms. The summed E-state index contributed by atoms with van der Waals surface area (Å²) in [4.78, 5) is 11.8. The summed E-state index contributed by atoms with van der Waals surface area (Å²) >= 11 is 3.18. The molecule has 0 aliphatic rings. The summed E-state index contributed by atoms with van der Waals surface area (Å²) in [6, 6.07) is 18.0. The number of hydrogen-bond donors (Lipinski definition) is 0. The minimum atomic E-state index is -0.550. The van der Waals surface area contributed by atoms with Gasteiger partial charge in [-0.15, -0.1) is 0 Å². The minimum Gasteiger partial charge on any atom is -0.482 e. The zero-order valence-electron chi connectivity index (χ0n) is 12.7. The Labute approximate surface area is 147 Å². The van der Waals surface area contributed by atoms with Crippen LogP contribution in [0.15, 0.2) is 65.1 Å². The number of ether oxygens (including phenoxy) is 2. The molecule has 0 aliphatic carbocycles. The maximum absolute atomic E-state index is 13.6. The van der Waals surface area contributed by atoms with Gasteiger partial charge >= 0.3 is 5.97 Å². The minimum absolute atomic E-state index is 0.126. The number of halogens is 2. The second kappa shape index (κ2) is 7.45. The first kappa shape index (κ1) is 16.5. The third kappa shape index (κ3) is 4.11. The molecule has 3 aromatic rings. The molecule has 0 unspecified atom stereocenters. The lowest BCUT2D eigenvalue weighted by Crippen LogP contribution is -2.15. The van der Waals surface area contributed by atoms with Crippen LogP contribution >= 0.6 is 15.9 Å². The van der Waals surface area contributed by atoms with Gasteiger partial charge < -0.3 is 9.47 Å². The van der Waals surface area contributed by atoms with Gasteiger partial charge in [0.1, 0.15) is 18.2 Å². The lowest BCUT2D eigenvalue weighted by molar-refractivity contribution is -0.147. The number of carbonyl (C=O) groups excluding carboxylic acids is 1. The molecule has 0 N–H and O–H groups in total. The van der Waals surface area contributed by atoms with Gasteiger partial charge in [0.2, 0.25) is 0 Å². The van der Waals surface area contributed by atoms with E-state index in [2.05, 4.69) is 15.9 Å².